The molecule has 13 heteroatoms. The smallest absolute Gasteiger partial charge is 0.326 e. The van der Waals surface area contributed by atoms with Crippen LogP contribution in [0, 0.1) is 11.8 Å². The van der Waals surface area contributed by atoms with Crippen LogP contribution in [-0.2, 0) is 35.2 Å². The fourth-order valence-corrected chi connectivity index (χ4v) is 3.72. The quantitative estimate of drug-likeness (QED) is 0.103. The Morgan fingerprint density at radius 2 is 1.78 bits per heavy atom. The lowest BCUT2D eigenvalue weighted by molar-refractivity contribution is -0.146. The largest absolute Gasteiger partial charge is 0.481 e. The first-order valence-corrected chi connectivity index (χ1v) is 11.1. The lowest BCUT2D eigenvalue weighted by Gasteiger charge is -2.23. The standard InChI is InChI=1S/C23H29N5O8/c1-12(2)20(23(35)36)27-21(33)16(9-19(31)32)26-17(29)11-28-18(30)8-15(22(28)34)7-13-3-5-14(6-4-13)10-25-24/h3-6,10,12,15-16,20H,7-9,11,24H2,1-2H3,(H,26,29)(H,27,33)(H,31,32)(H,35,36)/t15?,16-,20-/m0/s1. The number of hydrazone groups is 1. The Morgan fingerprint density at radius 3 is 2.31 bits per heavy atom. The van der Waals surface area contributed by atoms with E-state index in [0.717, 1.165) is 16.0 Å². The first-order chi connectivity index (χ1) is 16.9. The minimum atomic E-state index is -1.60. The number of likely N-dealkylation sites (tertiary alicyclic amines) is 1. The zero-order chi connectivity index (χ0) is 27.0. The van der Waals surface area contributed by atoms with Crippen molar-refractivity contribution < 1.29 is 39.0 Å². The number of amides is 4. The highest BCUT2D eigenvalue weighted by Gasteiger charge is 2.40. The van der Waals surface area contributed by atoms with Gasteiger partial charge in [0, 0.05) is 6.42 Å². The fraction of sp³-hybridized carbons (Fsp3) is 0.435. The molecule has 1 aliphatic rings. The van der Waals surface area contributed by atoms with Gasteiger partial charge in [0.2, 0.25) is 23.6 Å². The number of carbonyl (C=O) groups excluding carboxylic acids is 4. The monoisotopic (exact) mass is 503 g/mol. The molecule has 1 heterocycles. The second-order valence-corrected chi connectivity index (χ2v) is 8.73. The fourth-order valence-electron chi connectivity index (χ4n) is 3.72. The van der Waals surface area contributed by atoms with Crippen LogP contribution in [0.3, 0.4) is 0 Å². The van der Waals surface area contributed by atoms with Gasteiger partial charge in [-0.25, -0.2) is 4.79 Å². The van der Waals surface area contributed by atoms with Crippen molar-refractivity contribution in [3.63, 3.8) is 0 Å². The van der Waals surface area contributed by atoms with Crippen LogP contribution in [0.25, 0.3) is 0 Å². The van der Waals surface area contributed by atoms with E-state index in [-0.39, 0.29) is 12.8 Å². The van der Waals surface area contributed by atoms with E-state index in [4.69, 9.17) is 10.9 Å². The Balaban J connectivity index is 2.03. The topological polar surface area (TPSA) is 209 Å². The van der Waals surface area contributed by atoms with Gasteiger partial charge in [-0.05, 0) is 23.5 Å². The van der Waals surface area contributed by atoms with E-state index in [0.29, 0.717) is 0 Å². The molecule has 6 N–H and O–H groups in total. The van der Waals surface area contributed by atoms with Gasteiger partial charge in [-0.3, -0.25) is 28.9 Å². The van der Waals surface area contributed by atoms with Crippen LogP contribution in [0.2, 0.25) is 0 Å². The number of hydrogen-bond donors (Lipinski definition) is 5. The molecule has 0 aliphatic carbocycles. The summed E-state index contributed by atoms with van der Waals surface area (Å²) in [4.78, 5) is 73.5. The van der Waals surface area contributed by atoms with Gasteiger partial charge >= 0.3 is 11.9 Å². The number of imide groups is 1. The van der Waals surface area contributed by atoms with Gasteiger partial charge in [-0.15, -0.1) is 0 Å². The van der Waals surface area contributed by atoms with Gasteiger partial charge in [-0.2, -0.15) is 5.10 Å². The predicted molar refractivity (Wildman–Crippen MR) is 125 cm³/mol. The van der Waals surface area contributed by atoms with E-state index in [1.54, 1.807) is 38.1 Å². The van der Waals surface area contributed by atoms with E-state index in [9.17, 15) is 33.9 Å². The molecule has 1 unspecified atom stereocenters. The maximum atomic E-state index is 12.8. The van der Waals surface area contributed by atoms with E-state index in [1.807, 2.05) is 0 Å². The normalized spacial score (nSPS) is 17.3. The number of carboxylic acids is 2. The van der Waals surface area contributed by atoms with Crippen molar-refractivity contribution in [2.45, 2.75) is 45.2 Å². The molecule has 3 atom stereocenters. The zero-order valence-electron chi connectivity index (χ0n) is 19.8. The van der Waals surface area contributed by atoms with E-state index >= 15 is 0 Å². The van der Waals surface area contributed by atoms with Crippen molar-refractivity contribution in [3.05, 3.63) is 35.4 Å². The predicted octanol–water partition coefficient (Wildman–Crippen LogP) is -0.918. The summed E-state index contributed by atoms with van der Waals surface area (Å²) in [7, 11) is 0. The molecule has 0 bridgehead atoms. The molecule has 2 rings (SSSR count). The molecule has 4 amide bonds. The number of nitrogens with two attached hydrogens (primary N) is 1. The molecular formula is C23H29N5O8. The maximum absolute atomic E-state index is 12.8. The highest BCUT2D eigenvalue weighted by Crippen LogP contribution is 2.23. The summed E-state index contributed by atoms with van der Waals surface area (Å²) < 4.78 is 0. The minimum Gasteiger partial charge on any atom is -0.481 e. The molecule has 0 spiro atoms. The van der Waals surface area contributed by atoms with E-state index in [2.05, 4.69) is 15.7 Å². The molecule has 0 saturated carbocycles. The molecule has 1 saturated heterocycles. The Kier molecular flexibility index (Phi) is 9.65. The van der Waals surface area contributed by atoms with Gasteiger partial charge < -0.3 is 26.7 Å². The summed E-state index contributed by atoms with van der Waals surface area (Å²) in [5.41, 5.74) is 1.55. The number of nitrogens with zero attached hydrogens (tertiary/aromatic N) is 2. The summed E-state index contributed by atoms with van der Waals surface area (Å²) in [6, 6.07) is 4.13. The molecule has 194 valence electrons. The summed E-state index contributed by atoms with van der Waals surface area (Å²) in [6.07, 6.45) is 0.790. The Bertz CT molecular complexity index is 1050. The SMILES string of the molecule is CC(C)[C@H](NC(=O)[C@H](CC(=O)O)NC(=O)CN1C(=O)CC(Cc2ccc(C=NN)cc2)C1=O)C(=O)O. The number of hydrogen-bond acceptors (Lipinski definition) is 8. The van der Waals surface area contributed by atoms with Crippen molar-refractivity contribution in [2.75, 3.05) is 6.54 Å². The molecular weight excluding hydrogens is 474 g/mol. The highest BCUT2D eigenvalue weighted by molar-refractivity contribution is 6.06. The first-order valence-electron chi connectivity index (χ1n) is 11.1. The van der Waals surface area contributed by atoms with Crippen LogP contribution in [0.4, 0.5) is 0 Å². The third-order valence-corrected chi connectivity index (χ3v) is 5.59. The zero-order valence-corrected chi connectivity index (χ0v) is 19.8. The summed E-state index contributed by atoms with van der Waals surface area (Å²) in [5, 5.41) is 26.2. The van der Waals surface area contributed by atoms with Gasteiger partial charge in [-0.1, -0.05) is 38.1 Å². The van der Waals surface area contributed by atoms with Crippen molar-refractivity contribution in [2.24, 2.45) is 22.8 Å². The third-order valence-electron chi connectivity index (χ3n) is 5.59. The average molecular weight is 504 g/mol. The highest BCUT2D eigenvalue weighted by atomic mass is 16.4. The first kappa shape index (κ1) is 28.0. The number of carbonyl (C=O) groups is 6. The van der Waals surface area contributed by atoms with Gasteiger partial charge in [0.1, 0.15) is 18.6 Å². The Hall–Kier alpha value is -4.29. The number of rotatable bonds is 12. The van der Waals surface area contributed by atoms with Gasteiger partial charge in [0.15, 0.2) is 0 Å². The number of aliphatic carboxylic acids is 2. The van der Waals surface area contributed by atoms with Crippen LogP contribution >= 0.6 is 0 Å². The molecule has 0 aromatic heterocycles. The number of nitrogens with one attached hydrogen (secondary N) is 2. The molecule has 1 aromatic rings. The van der Waals surface area contributed by atoms with Crippen LogP contribution in [0.15, 0.2) is 29.4 Å². The summed E-state index contributed by atoms with van der Waals surface area (Å²) in [6.45, 7) is 2.40. The van der Waals surface area contributed by atoms with Crippen LogP contribution in [0.5, 0.6) is 0 Å². The third kappa shape index (κ3) is 7.61. The van der Waals surface area contributed by atoms with Crippen molar-refractivity contribution in [1.29, 1.82) is 0 Å². The second-order valence-electron chi connectivity index (χ2n) is 8.73. The van der Waals surface area contributed by atoms with Crippen molar-refractivity contribution >= 4 is 41.8 Å². The molecule has 0 radical (unpaired) electrons. The minimum absolute atomic E-state index is 0.105. The average Bonchev–Trinajstić information content (AvgIpc) is 3.04. The van der Waals surface area contributed by atoms with Crippen LogP contribution in [0.1, 0.15) is 37.8 Å². The summed E-state index contributed by atoms with van der Waals surface area (Å²) >= 11 is 0. The molecule has 1 aromatic carbocycles. The molecule has 13 nitrogen and oxygen atoms in total. The Labute approximate surface area is 206 Å². The van der Waals surface area contributed by atoms with Gasteiger partial charge in [0.05, 0.1) is 18.6 Å². The van der Waals surface area contributed by atoms with E-state index < -0.39 is 72.5 Å². The van der Waals surface area contributed by atoms with Gasteiger partial charge in [0.25, 0.3) is 0 Å². The molecule has 1 aliphatic heterocycles. The lowest BCUT2D eigenvalue weighted by atomic mass is 9.97. The summed E-state index contributed by atoms with van der Waals surface area (Å²) in [5.74, 6) is -1.88. The van der Waals surface area contributed by atoms with Crippen molar-refractivity contribution in [1.82, 2.24) is 15.5 Å². The number of benzene rings is 1. The van der Waals surface area contributed by atoms with Crippen LogP contribution in [-0.4, -0.2) is 75.5 Å². The Morgan fingerprint density at radius 1 is 1.14 bits per heavy atom. The maximum Gasteiger partial charge on any atom is 0.326 e. The number of carboxylic acid groups (broad SMARTS) is 2. The molecule has 36 heavy (non-hydrogen) atoms. The molecule has 1 fully saturated rings. The second kappa shape index (κ2) is 12.4. The van der Waals surface area contributed by atoms with Crippen molar-refractivity contribution in [3.8, 4) is 0 Å². The van der Waals surface area contributed by atoms with Crippen LogP contribution < -0.4 is 16.5 Å². The lowest BCUT2D eigenvalue weighted by Crippen LogP contribution is -2.55. The van der Waals surface area contributed by atoms with E-state index in [1.165, 1.54) is 6.21 Å².